The van der Waals surface area contributed by atoms with Crippen LogP contribution in [0.3, 0.4) is 0 Å². The number of carboxylic acids is 1. The molecule has 1 aliphatic carbocycles. The average Bonchev–Trinajstić information content (AvgIpc) is 3.83. The largest absolute Gasteiger partial charge is 0.503 e. The van der Waals surface area contributed by atoms with Crippen LogP contribution in [0.15, 0.2) is 73.5 Å². The molecule has 3 heterocycles. The van der Waals surface area contributed by atoms with Gasteiger partial charge in [-0.2, -0.15) is 8.62 Å². The van der Waals surface area contributed by atoms with Crippen molar-refractivity contribution in [1.29, 1.82) is 0 Å². The Balaban J connectivity index is 1.09. The molecule has 0 bridgehead atoms. The van der Waals surface area contributed by atoms with Crippen molar-refractivity contribution in [3.63, 3.8) is 0 Å². The Hall–Kier alpha value is -6.80. The van der Waals surface area contributed by atoms with Crippen LogP contribution in [0.4, 0.5) is 5.69 Å². The Morgan fingerprint density at radius 1 is 0.963 bits per heavy atom. The summed E-state index contributed by atoms with van der Waals surface area (Å²) in [5, 5.41) is 46.1. The number of H-pyrrole nitrogens is 1. The van der Waals surface area contributed by atoms with Crippen molar-refractivity contribution in [2.75, 3.05) is 27.4 Å². The number of aromatic hydroxyl groups is 1. The summed E-state index contributed by atoms with van der Waals surface area (Å²) in [5.41, 5.74) is -3.82. The minimum atomic E-state index is -5.86. The minimum Gasteiger partial charge on any atom is -0.503 e. The highest BCUT2D eigenvalue weighted by atomic mass is 35.5. The summed E-state index contributed by atoms with van der Waals surface area (Å²) in [5.74, 6) is 1.95. The van der Waals surface area contributed by atoms with Crippen molar-refractivity contribution in [3.8, 4) is 51.5 Å². The van der Waals surface area contributed by atoms with Gasteiger partial charge in [-0.3, -0.25) is 38.6 Å². The number of aromatic carboxylic acids is 1. The summed E-state index contributed by atoms with van der Waals surface area (Å²) in [6.45, 7) is 1.66. The lowest BCUT2D eigenvalue weighted by atomic mass is 9.89. The molecule has 1 aromatic heterocycles. The number of halogens is 2. The first-order valence-corrected chi connectivity index (χ1v) is 28.4. The lowest BCUT2D eigenvalue weighted by Gasteiger charge is -2.21. The third kappa shape index (κ3) is 14.3. The summed E-state index contributed by atoms with van der Waals surface area (Å²) in [7, 11) is -14.7. The number of nitrogens with zero attached hydrogens (tertiary/aromatic N) is 2. The highest BCUT2D eigenvalue weighted by molar-refractivity contribution is 7.66. The van der Waals surface area contributed by atoms with Crippen LogP contribution in [0.25, 0.3) is 33.4 Å². The molecule has 3 aliphatic rings. The molecule has 2 aliphatic heterocycles. The Labute approximate surface area is 464 Å². The molecule has 1 fully saturated rings. The van der Waals surface area contributed by atoms with Gasteiger partial charge in [-0.05, 0) is 60.4 Å². The number of nitro benzene ring substituents is 1. The number of hydrogen-bond acceptors (Lipinski definition) is 20. The fourth-order valence-electron chi connectivity index (χ4n) is 8.36. The number of nitrogens with one attached hydrogen (secondary N) is 2. The second-order valence-corrected chi connectivity index (χ2v) is 23.0. The van der Waals surface area contributed by atoms with Crippen LogP contribution in [0, 0.1) is 27.9 Å². The summed E-state index contributed by atoms with van der Waals surface area (Å²) in [4.78, 5) is 116. The standard InChI is InChI=1S/C47H45Cl2N4O25P3/c1-21(2)12-32(73-19-24-18-52(47(61)51-45(24)58)36-17-31(54)35(75-36)20-74-80(67,68)78-81(69,70)77-79(64,65)66)26-9-7-22(13-30(26)53(62)63)6-5-11-50-44(57)23-8-10-25(46(59)60)27(14-23)37-28-15-33(71-3)40(55)38(48)42(28)76-43-29(37)16-34(72-4)41(56)39(43)49/h7-10,13-16,18,21,31-32,35-36,54-55H,11-12,17,19-20H2,1-4H3,(H,50,57)(H,59,60)(H,67,68)(H,69,70)(H,51,58,61)(H2,64,65,66)/t31-,32?,35-,36-/m1/s1. The van der Waals surface area contributed by atoms with Gasteiger partial charge in [0.25, 0.3) is 17.2 Å². The molecular weight excluding hydrogens is 1180 g/mol. The zero-order valence-electron chi connectivity index (χ0n) is 42.1. The maximum absolute atomic E-state index is 13.7. The van der Waals surface area contributed by atoms with Crippen LogP contribution in [0.1, 0.15) is 76.4 Å². The van der Waals surface area contributed by atoms with Crippen LogP contribution in [0.5, 0.6) is 17.2 Å². The van der Waals surface area contributed by atoms with E-state index >= 15 is 0 Å². The normalized spacial score (nSPS) is 17.3. The van der Waals surface area contributed by atoms with E-state index in [0.717, 1.165) is 22.9 Å². The highest BCUT2D eigenvalue weighted by Gasteiger charge is 2.43. The van der Waals surface area contributed by atoms with Crippen LogP contribution >= 0.6 is 46.7 Å². The smallest absolute Gasteiger partial charge is 0.490 e. The van der Waals surface area contributed by atoms with E-state index in [1.807, 2.05) is 0 Å². The number of amides is 1. The van der Waals surface area contributed by atoms with Gasteiger partial charge >= 0.3 is 35.1 Å². The molecule has 3 aromatic carbocycles. The number of phosphoric ester groups is 1. The van der Waals surface area contributed by atoms with Gasteiger partial charge in [0.15, 0.2) is 28.6 Å². The van der Waals surface area contributed by atoms with Gasteiger partial charge in [-0.15, -0.1) is 0 Å². The molecule has 3 unspecified atom stereocenters. The number of phenols is 1. The van der Waals surface area contributed by atoms with Crippen molar-refractivity contribution in [1.82, 2.24) is 14.9 Å². The van der Waals surface area contributed by atoms with E-state index in [-0.39, 0.29) is 96.6 Å². The molecule has 0 radical (unpaired) electrons. The van der Waals surface area contributed by atoms with Crippen LogP contribution in [-0.2, 0) is 42.9 Å². The summed E-state index contributed by atoms with van der Waals surface area (Å²) in [6, 6.07) is 10.2. The zero-order chi connectivity index (χ0) is 59.6. The highest BCUT2D eigenvalue weighted by Crippen LogP contribution is 2.66. The molecule has 29 nitrogen and oxygen atoms in total. The van der Waals surface area contributed by atoms with Crippen molar-refractivity contribution >= 4 is 75.2 Å². The number of carboxylic acid groups (broad SMARTS) is 1. The molecule has 432 valence electrons. The van der Waals surface area contributed by atoms with Crippen molar-refractivity contribution in [3.05, 3.63) is 134 Å². The SMILES string of the molecule is COc1cc2c(-c3cc(C(=O)NCC#Cc4ccc(C(CC(C)C)OCc5cn([C@H]6C[C@@H](O)[C@@H](COP(=O)(O)OP(=O)(O)OP(=O)(O)O)O6)c(=O)[nH]c5=O)c([N+](=O)[O-])c4)ccc3C(=O)O)c3cc(OC)c(=O)c(Cl)c-3oc2c(Cl)c1O. The number of rotatable bonds is 21. The van der Waals surface area contributed by atoms with Gasteiger partial charge in [0.2, 0.25) is 5.43 Å². The maximum Gasteiger partial charge on any atom is 0.490 e. The number of aromatic nitrogens is 2. The number of fused-ring (bicyclic) bond motifs is 2. The second kappa shape index (κ2) is 24.7. The van der Waals surface area contributed by atoms with E-state index in [0.29, 0.717) is 0 Å². The molecule has 0 saturated carbocycles. The fourth-order valence-corrected chi connectivity index (χ4v) is 11.9. The minimum absolute atomic E-state index is 0.0420. The van der Waals surface area contributed by atoms with Gasteiger partial charge in [-0.1, -0.05) is 48.9 Å². The third-order valence-electron chi connectivity index (χ3n) is 11.9. The molecular formula is C47H45Cl2N4O25P3. The first-order valence-electron chi connectivity index (χ1n) is 23.2. The van der Waals surface area contributed by atoms with Gasteiger partial charge in [0, 0.05) is 46.3 Å². The van der Waals surface area contributed by atoms with E-state index in [4.69, 9.17) is 56.4 Å². The number of aromatic amines is 1. The Bertz CT molecular complexity index is 3870. The van der Waals surface area contributed by atoms with E-state index in [9.17, 15) is 72.9 Å². The first kappa shape index (κ1) is 61.8. The van der Waals surface area contributed by atoms with Gasteiger partial charge in [-0.25, -0.2) is 23.3 Å². The number of aliphatic hydroxyl groups excluding tert-OH is 1. The van der Waals surface area contributed by atoms with Crippen molar-refractivity contribution in [2.45, 2.75) is 57.8 Å². The summed E-state index contributed by atoms with van der Waals surface area (Å²) in [6.07, 6.45) is -4.72. The van der Waals surface area contributed by atoms with E-state index in [1.54, 1.807) is 13.8 Å². The first-order chi connectivity index (χ1) is 37.9. The number of aliphatic hydroxyl groups is 1. The number of carbonyl (C=O) groups excluding carboxylic acids is 1. The molecule has 0 spiro atoms. The Kier molecular flexibility index (Phi) is 18.9. The van der Waals surface area contributed by atoms with Crippen LogP contribution in [-0.4, -0.2) is 101 Å². The number of phenolic OH excluding ortho intramolecular Hbond substituents is 1. The lowest BCUT2D eigenvalue weighted by Crippen LogP contribution is -2.34. The number of methoxy groups -OCH3 is 2. The van der Waals surface area contributed by atoms with Crippen LogP contribution < -0.4 is 31.5 Å². The zero-order valence-corrected chi connectivity index (χ0v) is 46.3. The van der Waals surface area contributed by atoms with Crippen molar-refractivity contribution < 1.29 is 99.6 Å². The third-order valence-corrected chi connectivity index (χ3v) is 16.4. The molecule has 81 heavy (non-hydrogen) atoms. The summed E-state index contributed by atoms with van der Waals surface area (Å²) >= 11 is 13.0. The predicted octanol–water partition coefficient (Wildman–Crippen LogP) is 6.13. The van der Waals surface area contributed by atoms with Gasteiger partial charge in [0.05, 0.1) is 67.8 Å². The molecule has 6 atom stereocenters. The number of carbonyl (C=O) groups is 2. The van der Waals surface area contributed by atoms with Crippen molar-refractivity contribution in [2.24, 2.45) is 5.92 Å². The van der Waals surface area contributed by atoms with E-state index in [2.05, 4.69) is 35.3 Å². The monoisotopic (exact) mass is 1230 g/mol. The lowest BCUT2D eigenvalue weighted by molar-refractivity contribution is -0.386. The Morgan fingerprint density at radius 2 is 1.67 bits per heavy atom. The number of phosphoric acid groups is 3. The molecule has 1 amide bonds. The number of benzene rings is 4. The van der Waals surface area contributed by atoms with E-state index < -0.39 is 118 Å². The number of nitro groups is 1. The fraction of sp³-hybridized carbons (Fsp3) is 0.298. The summed E-state index contributed by atoms with van der Waals surface area (Å²) < 4.78 is 75.7. The Morgan fingerprint density at radius 3 is 2.31 bits per heavy atom. The van der Waals surface area contributed by atoms with Gasteiger partial charge < -0.3 is 63.6 Å². The second-order valence-electron chi connectivity index (χ2n) is 17.8. The topological polar surface area (TPSA) is 432 Å². The molecule has 34 heteroatoms. The number of hydrogen-bond donors (Lipinski definition) is 9. The van der Waals surface area contributed by atoms with Gasteiger partial charge in [0.1, 0.15) is 22.4 Å². The molecule has 9 N–H and O–H groups in total. The maximum atomic E-state index is 13.7. The average molecular weight is 1230 g/mol. The molecule has 1 saturated heterocycles. The number of ether oxygens (including phenoxy) is 4. The predicted molar refractivity (Wildman–Crippen MR) is 281 cm³/mol. The quantitative estimate of drug-likeness (QED) is 0.0129. The van der Waals surface area contributed by atoms with Crippen LogP contribution in [0.2, 0.25) is 10.0 Å². The molecule has 7 rings (SSSR count). The molecule has 4 aromatic rings. The van der Waals surface area contributed by atoms with E-state index in [1.165, 1.54) is 50.6 Å².